The maximum atomic E-state index is 11.5. The van der Waals surface area contributed by atoms with Crippen molar-refractivity contribution in [2.24, 2.45) is 5.73 Å². The fraction of sp³-hybridized carbons (Fsp3) is 0.111. The van der Waals surface area contributed by atoms with Crippen molar-refractivity contribution in [1.29, 1.82) is 5.41 Å². The van der Waals surface area contributed by atoms with E-state index in [-0.39, 0.29) is 0 Å². The lowest BCUT2D eigenvalue weighted by atomic mass is 10.3. The van der Waals surface area contributed by atoms with Gasteiger partial charge in [-0.2, -0.15) is 0 Å². The van der Waals surface area contributed by atoms with E-state index in [0.29, 0.717) is 15.7 Å². The van der Waals surface area contributed by atoms with Gasteiger partial charge in [-0.15, -0.1) is 0 Å². The average molecular weight is 261 g/mol. The minimum atomic E-state index is -0.545. The van der Waals surface area contributed by atoms with Gasteiger partial charge in [0.2, 0.25) is 0 Å². The lowest BCUT2D eigenvalue weighted by molar-refractivity contribution is 0.251. The highest BCUT2D eigenvalue weighted by atomic mass is 35.5. The fourth-order valence-corrected chi connectivity index (χ4v) is 1.60. The van der Waals surface area contributed by atoms with Gasteiger partial charge in [0.25, 0.3) is 0 Å². The first-order valence-electron chi connectivity index (χ1n) is 4.25. The van der Waals surface area contributed by atoms with Gasteiger partial charge in [0.05, 0.1) is 10.7 Å². The number of carbonyl (C=O) groups excluding carboxylic acids is 1. The standard InChI is InChI=1S/C9H10Cl2N4O/c1-15(9(16)14-8(12)13)7-3-2-5(10)4-6(7)11/h2-4H,1H3,(H4,12,13,14,16). The summed E-state index contributed by atoms with van der Waals surface area (Å²) in [4.78, 5) is 12.7. The van der Waals surface area contributed by atoms with Crippen LogP contribution in [0.4, 0.5) is 10.5 Å². The molecule has 0 spiro atoms. The Morgan fingerprint density at radius 3 is 2.62 bits per heavy atom. The van der Waals surface area contributed by atoms with Crippen LogP contribution in [-0.4, -0.2) is 19.0 Å². The largest absolute Gasteiger partial charge is 0.370 e. The molecule has 0 aliphatic rings. The normalized spacial score (nSPS) is 9.69. The van der Waals surface area contributed by atoms with Gasteiger partial charge in [-0.1, -0.05) is 23.2 Å². The Hall–Kier alpha value is -1.46. The first kappa shape index (κ1) is 12.6. The third-order valence-corrected chi connectivity index (χ3v) is 2.36. The van der Waals surface area contributed by atoms with E-state index in [4.69, 9.17) is 34.3 Å². The molecule has 5 nitrogen and oxygen atoms in total. The number of hydrogen-bond acceptors (Lipinski definition) is 2. The highest BCUT2D eigenvalue weighted by Crippen LogP contribution is 2.27. The third kappa shape index (κ3) is 3.01. The Labute approximate surface area is 103 Å². The SMILES string of the molecule is CN(C(=O)NC(=N)N)c1ccc(Cl)cc1Cl. The number of nitrogens with two attached hydrogens (primary N) is 1. The summed E-state index contributed by atoms with van der Waals surface area (Å²) in [5.74, 6) is -0.429. The number of benzene rings is 1. The molecular formula is C9H10Cl2N4O. The number of rotatable bonds is 1. The minimum Gasteiger partial charge on any atom is -0.370 e. The van der Waals surface area contributed by atoms with Crippen molar-refractivity contribution < 1.29 is 4.79 Å². The summed E-state index contributed by atoms with van der Waals surface area (Å²) in [6, 6.07) is 4.19. The lowest BCUT2D eigenvalue weighted by Gasteiger charge is -2.18. The maximum absolute atomic E-state index is 11.5. The van der Waals surface area contributed by atoms with Gasteiger partial charge in [-0.25, -0.2) is 4.79 Å². The van der Waals surface area contributed by atoms with Crippen LogP contribution in [0, 0.1) is 5.41 Å². The Morgan fingerprint density at radius 2 is 2.12 bits per heavy atom. The second kappa shape index (κ2) is 5.05. The van der Waals surface area contributed by atoms with Crippen LogP contribution in [0.1, 0.15) is 0 Å². The van der Waals surface area contributed by atoms with E-state index in [2.05, 4.69) is 5.32 Å². The van der Waals surface area contributed by atoms with Crippen molar-refractivity contribution in [3.8, 4) is 0 Å². The number of amides is 2. The summed E-state index contributed by atoms with van der Waals surface area (Å²) < 4.78 is 0. The Bertz CT molecular complexity index is 436. The molecule has 0 aliphatic carbocycles. The number of anilines is 1. The number of carbonyl (C=O) groups is 1. The number of nitrogens with one attached hydrogen (secondary N) is 2. The third-order valence-electron chi connectivity index (χ3n) is 1.82. The van der Waals surface area contributed by atoms with Crippen molar-refractivity contribution >= 4 is 40.9 Å². The maximum Gasteiger partial charge on any atom is 0.328 e. The molecular weight excluding hydrogens is 251 g/mol. The molecule has 0 atom stereocenters. The highest BCUT2D eigenvalue weighted by Gasteiger charge is 2.14. The van der Waals surface area contributed by atoms with Crippen LogP contribution in [-0.2, 0) is 0 Å². The van der Waals surface area contributed by atoms with Gasteiger partial charge in [0.1, 0.15) is 0 Å². The van der Waals surface area contributed by atoms with Gasteiger partial charge in [-0.3, -0.25) is 15.6 Å². The van der Waals surface area contributed by atoms with E-state index < -0.39 is 12.0 Å². The first-order chi connectivity index (χ1) is 7.41. The van der Waals surface area contributed by atoms with E-state index in [9.17, 15) is 4.79 Å². The van der Waals surface area contributed by atoms with E-state index in [1.54, 1.807) is 12.1 Å². The summed E-state index contributed by atoms with van der Waals surface area (Å²) in [6.45, 7) is 0. The molecule has 7 heteroatoms. The molecule has 0 heterocycles. The molecule has 16 heavy (non-hydrogen) atoms. The first-order valence-corrected chi connectivity index (χ1v) is 5.01. The molecule has 0 saturated carbocycles. The van der Waals surface area contributed by atoms with Crippen LogP contribution < -0.4 is 16.0 Å². The van der Waals surface area contributed by atoms with Crippen LogP contribution in [0.15, 0.2) is 18.2 Å². The predicted octanol–water partition coefficient (Wildman–Crippen LogP) is 2.03. The van der Waals surface area contributed by atoms with Crippen molar-refractivity contribution in [3.63, 3.8) is 0 Å². The summed E-state index contributed by atoms with van der Waals surface area (Å²) in [5, 5.41) is 9.89. The summed E-state index contributed by atoms with van der Waals surface area (Å²) in [7, 11) is 1.51. The number of guanidine groups is 1. The Balaban J connectivity index is 2.91. The molecule has 2 amide bonds. The second-order valence-corrected chi connectivity index (χ2v) is 3.84. The van der Waals surface area contributed by atoms with E-state index >= 15 is 0 Å². The molecule has 0 radical (unpaired) electrons. The smallest absolute Gasteiger partial charge is 0.328 e. The van der Waals surface area contributed by atoms with E-state index in [0.717, 1.165) is 0 Å². The van der Waals surface area contributed by atoms with Crippen LogP contribution in [0.5, 0.6) is 0 Å². The molecule has 1 rings (SSSR count). The molecule has 1 aromatic rings. The van der Waals surface area contributed by atoms with Crippen LogP contribution in [0.2, 0.25) is 10.0 Å². The number of urea groups is 1. The quantitative estimate of drug-likeness (QED) is 0.534. The second-order valence-electron chi connectivity index (χ2n) is 3.00. The van der Waals surface area contributed by atoms with Crippen LogP contribution in [0.25, 0.3) is 0 Å². The molecule has 4 N–H and O–H groups in total. The zero-order valence-corrected chi connectivity index (χ0v) is 9.93. The summed E-state index contributed by atoms with van der Waals surface area (Å²) >= 11 is 11.6. The van der Waals surface area contributed by atoms with Crippen LogP contribution >= 0.6 is 23.2 Å². The molecule has 86 valence electrons. The minimum absolute atomic E-state index is 0.341. The average Bonchev–Trinajstić information content (AvgIpc) is 2.15. The van der Waals surface area contributed by atoms with Crippen molar-refractivity contribution in [3.05, 3.63) is 28.2 Å². The topological polar surface area (TPSA) is 82.2 Å². The zero-order chi connectivity index (χ0) is 12.3. The van der Waals surface area contributed by atoms with Gasteiger partial charge in [0.15, 0.2) is 5.96 Å². The molecule has 0 unspecified atom stereocenters. The van der Waals surface area contributed by atoms with Gasteiger partial charge < -0.3 is 5.73 Å². The number of halogens is 2. The summed E-state index contributed by atoms with van der Waals surface area (Å²) in [6.07, 6.45) is 0. The van der Waals surface area contributed by atoms with Gasteiger partial charge in [-0.05, 0) is 18.2 Å². The van der Waals surface area contributed by atoms with Gasteiger partial charge in [0, 0.05) is 12.1 Å². The van der Waals surface area contributed by atoms with E-state index in [1.807, 2.05) is 0 Å². The summed E-state index contributed by atoms with van der Waals surface area (Å²) in [5.41, 5.74) is 5.52. The molecule has 0 aromatic heterocycles. The monoisotopic (exact) mass is 260 g/mol. The lowest BCUT2D eigenvalue weighted by Crippen LogP contribution is -2.43. The van der Waals surface area contributed by atoms with Crippen LogP contribution in [0.3, 0.4) is 0 Å². The molecule has 0 fully saturated rings. The van der Waals surface area contributed by atoms with Gasteiger partial charge >= 0.3 is 6.03 Å². The fourth-order valence-electron chi connectivity index (χ4n) is 1.06. The molecule has 0 aliphatic heterocycles. The van der Waals surface area contributed by atoms with Crippen molar-refractivity contribution in [1.82, 2.24) is 5.32 Å². The van der Waals surface area contributed by atoms with Crippen molar-refractivity contribution in [2.45, 2.75) is 0 Å². The van der Waals surface area contributed by atoms with E-state index in [1.165, 1.54) is 18.0 Å². The predicted molar refractivity (Wildman–Crippen MR) is 65.3 cm³/mol. The number of nitrogens with zero attached hydrogens (tertiary/aromatic N) is 1. The Kier molecular flexibility index (Phi) is 3.98. The molecule has 1 aromatic carbocycles. The molecule has 0 bridgehead atoms. The Morgan fingerprint density at radius 1 is 1.50 bits per heavy atom. The highest BCUT2D eigenvalue weighted by molar-refractivity contribution is 6.36. The number of hydrogen-bond donors (Lipinski definition) is 3. The zero-order valence-electron chi connectivity index (χ0n) is 8.42. The van der Waals surface area contributed by atoms with Crippen molar-refractivity contribution in [2.75, 3.05) is 11.9 Å². The molecule has 0 saturated heterocycles.